The fraction of sp³-hybridized carbons (Fsp3) is 0.500. The molecule has 0 aromatic carbocycles. The summed E-state index contributed by atoms with van der Waals surface area (Å²) in [6, 6.07) is 4.11. The van der Waals surface area contributed by atoms with Gasteiger partial charge >= 0.3 is 0 Å². The van der Waals surface area contributed by atoms with Gasteiger partial charge in [0.05, 0.1) is 12.1 Å². The molecule has 28 heavy (non-hydrogen) atoms. The van der Waals surface area contributed by atoms with Crippen LogP contribution in [0.15, 0.2) is 35.5 Å². The van der Waals surface area contributed by atoms with Crippen LogP contribution >= 0.6 is 0 Å². The van der Waals surface area contributed by atoms with Crippen LogP contribution in [0.2, 0.25) is 0 Å². The largest absolute Gasteiger partial charge is 0.352 e. The molecule has 0 aliphatic carbocycles. The molecule has 4 rings (SSSR count). The van der Waals surface area contributed by atoms with E-state index in [1.165, 1.54) is 4.31 Å². The third-order valence-electron chi connectivity index (χ3n) is 5.45. The number of aromatic nitrogens is 3. The standard InChI is InChI=1S/C18H24N6O3S/c1-12(2)24-15-11-23(18(25)13-7-9-21(3)20-13)10-14(15)22(4)17-16(28(24,26)27)6-5-8-19-17/h5-9,12,14-15H,10-11H2,1-4H3/t14-,15+/m0/s1. The molecule has 0 radical (unpaired) electrons. The van der Waals surface area contributed by atoms with E-state index >= 15 is 0 Å². The quantitative estimate of drug-likeness (QED) is 0.726. The molecule has 0 spiro atoms. The van der Waals surface area contributed by atoms with Crippen molar-refractivity contribution in [2.24, 2.45) is 7.05 Å². The van der Waals surface area contributed by atoms with Crippen molar-refractivity contribution in [1.82, 2.24) is 24.0 Å². The lowest BCUT2D eigenvalue weighted by Gasteiger charge is -2.33. The minimum atomic E-state index is -3.74. The first-order valence-corrected chi connectivity index (χ1v) is 10.7. The summed E-state index contributed by atoms with van der Waals surface area (Å²) in [5, 5.41) is 4.20. The van der Waals surface area contributed by atoms with Crippen molar-refractivity contribution >= 4 is 21.7 Å². The fourth-order valence-corrected chi connectivity index (χ4v) is 6.24. The number of likely N-dealkylation sites (N-methyl/N-ethyl adjacent to an activating group) is 1. The van der Waals surface area contributed by atoms with Gasteiger partial charge in [-0.15, -0.1) is 0 Å². The summed E-state index contributed by atoms with van der Waals surface area (Å²) in [5.41, 5.74) is 0.360. The highest BCUT2D eigenvalue weighted by Crippen LogP contribution is 2.37. The number of hydrogen-bond donors (Lipinski definition) is 0. The summed E-state index contributed by atoms with van der Waals surface area (Å²) in [7, 11) is -0.141. The highest BCUT2D eigenvalue weighted by Gasteiger charge is 2.50. The number of nitrogens with zero attached hydrogens (tertiary/aromatic N) is 6. The van der Waals surface area contributed by atoms with Crippen molar-refractivity contribution in [3.05, 3.63) is 36.3 Å². The minimum Gasteiger partial charge on any atom is -0.352 e. The molecule has 150 valence electrons. The first kappa shape index (κ1) is 18.9. The second kappa shape index (κ2) is 6.56. The lowest BCUT2D eigenvalue weighted by Crippen LogP contribution is -2.52. The van der Waals surface area contributed by atoms with Crippen LogP contribution in [0.1, 0.15) is 24.3 Å². The number of likely N-dealkylation sites (tertiary alicyclic amines) is 1. The predicted octanol–water partition coefficient (Wildman–Crippen LogP) is 0.557. The number of amides is 1. The zero-order valence-electron chi connectivity index (χ0n) is 16.3. The SMILES string of the molecule is CC(C)N1[C@@H]2CN(C(=O)c3ccn(C)n3)C[C@@H]2N(C)c2ncccc2S1(=O)=O. The highest BCUT2D eigenvalue weighted by molar-refractivity contribution is 7.89. The molecule has 1 saturated heterocycles. The van der Waals surface area contributed by atoms with E-state index in [1.54, 1.807) is 47.2 Å². The first-order valence-electron chi connectivity index (χ1n) is 9.22. The number of hydrogen-bond acceptors (Lipinski definition) is 6. The van der Waals surface area contributed by atoms with E-state index in [1.807, 2.05) is 25.8 Å². The average molecular weight is 404 g/mol. The molecule has 10 heteroatoms. The second-order valence-corrected chi connectivity index (χ2v) is 9.40. The molecular weight excluding hydrogens is 380 g/mol. The van der Waals surface area contributed by atoms with Crippen LogP contribution in [0.4, 0.5) is 5.82 Å². The Labute approximate surface area is 164 Å². The Balaban J connectivity index is 1.77. The van der Waals surface area contributed by atoms with Crippen LogP contribution in [0.5, 0.6) is 0 Å². The molecule has 2 aromatic heterocycles. The van der Waals surface area contributed by atoms with E-state index < -0.39 is 10.0 Å². The van der Waals surface area contributed by atoms with Gasteiger partial charge in [-0.2, -0.15) is 9.40 Å². The van der Waals surface area contributed by atoms with Crippen LogP contribution < -0.4 is 4.90 Å². The van der Waals surface area contributed by atoms with Crippen LogP contribution in [0.3, 0.4) is 0 Å². The number of rotatable bonds is 2. The number of fused-ring (bicyclic) bond motifs is 2. The molecular formula is C18H24N6O3S. The van der Waals surface area contributed by atoms with Crippen LogP contribution in [0.25, 0.3) is 0 Å². The van der Waals surface area contributed by atoms with Gasteiger partial charge in [-0.25, -0.2) is 13.4 Å². The monoisotopic (exact) mass is 404 g/mol. The lowest BCUT2D eigenvalue weighted by atomic mass is 10.1. The van der Waals surface area contributed by atoms with Gasteiger partial charge in [-0.3, -0.25) is 9.48 Å². The van der Waals surface area contributed by atoms with E-state index in [0.717, 1.165) is 0 Å². The van der Waals surface area contributed by atoms with Gasteiger partial charge in [-0.05, 0) is 32.0 Å². The molecule has 0 bridgehead atoms. The van der Waals surface area contributed by atoms with Gasteiger partial charge in [0, 0.05) is 45.6 Å². The first-order chi connectivity index (χ1) is 13.2. The van der Waals surface area contributed by atoms with Crippen molar-refractivity contribution in [2.75, 3.05) is 25.0 Å². The maximum atomic E-state index is 13.4. The molecule has 2 aliphatic rings. The number of carbonyl (C=O) groups is 1. The summed E-state index contributed by atoms with van der Waals surface area (Å²) >= 11 is 0. The normalized spacial score (nSPS) is 24.2. The van der Waals surface area contributed by atoms with Gasteiger partial charge < -0.3 is 9.80 Å². The van der Waals surface area contributed by atoms with E-state index in [2.05, 4.69) is 10.1 Å². The lowest BCUT2D eigenvalue weighted by molar-refractivity contribution is 0.0775. The van der Waals surface area contributed by atoms with Crippen molar-refractivity contribution in [3.8, 4) is 0 Å². The van der Waals surface area contributed by atoms with Gasteiger partial charge in [0.15, 0.2) is 0 Å². The van der Waals surface area contributed by atoms with Crippen molar-refractivity contribution in [3.63, 3.8) is 0 Å². The Morgan fingerprint density at radius 3 is 2.54 bits per heavy atom. The minimum absolute atomic E-state index is 0.190. The van der Waals surface area contributed by atoms with Gasteiger partial charge in [-0.1, -0.05) is 0 Å². The smallest absolute Gasteiger partial charge is 0.274 e. The zero-order chi connectivity index (χ0) is 20.2. The van der Waals surface area contributed by atoms with Crippen molar-refractivity contribution in [1.29, 1.82) is 0 Å². The zero-order valence-corrected chi connectivity index (χ0v) is 17.2. The third kappa shape index (κ3) is 2.78. The molecule has 2 atom stereocenters. The molecule has 4 heterocycles. The summed E-state index contributed by atoms with van der Waals surface area (Å²) in [6.45, 7) is 4.44. The predicted molar refractivity (Wildman–Crippen MR) is 103 cm³/mol. The Morgan fingerprint density at radius 1 is 1.18 bits per heavy atom. The Bertz CT molecular complexity index is 1020. The van der Waals surface area contributed by atoms with Crippen LogP contribution in [0, 0.1) is 0 Å². The van der Waals surface area contributed by atoms with E-state index in [9.17, 15) is 13.2 Å². The number of carbonyl (C=O) groups excluding carboxylic acids is 1. The molecule has 1 fully saturated rings. The van der Waals surface area contributed by atoms with Gasteiger partial charge in [0.25, 0.3) is 5.91 Å². The summed E-state index contributed by atoms with van der Waals surface area (Å²) in [4.78, 5) is 21.1. The third-order valence-corrected chi connectivity index (χ3v) is 7.57. The number of anilines is 1. The number of pyridine rings is 1. The Hall–Kier alpha value is -2.46. The van der Waals surface area contributed by atoms with Gasteiger partial charge in [0.1, 0.15) is 16.4 Å². The average Bonchev–Trinajstić information content (AvgIpc) is 3.25. The molecule has 9 nitrogen and oxygen atoms in total. The number of aryl methyl sites for hydroxylation is 1. The molecule has 0 N–H and O–H groups in total. The van der Waals surface area contributed by atoms with Gasteiger partial charge in [0.2, 0.25) is 10.0 Å². The highest BCUT2D eigenvalue weighted by atomic mass is 32.2. The Kier molecular flexibility index (Phi) is 4.42. The van der Waals surface area contributed by atoms with Crippen LogP contribution in [-0.4, -0.2) is 76.6 Å². The van der Waals surface area contributed by atoms with Crippen molar-refractivity contribution < 1.29 is 13.2 Å². The summed E-state index contributed by atoms with van der Waals surface area (Å²) < 4.78 is 30.0. The molecule has 0 unspecified atom stereocenters. The molecule has 0 saturated carbocycles. The second-order valence-electron chi connectivity index (χ2n) is 7.58. The van der Waals surface area contributed by atoms with E-state index in [-0.39, 0.29) is 28.9 Å². The fourth-order valence-electron chi connectivity index (χ4n) is 4.21. The molecule has 2 aliphatic heterocycles. The maximum Gasteiger partial charge on any atom is 0.274 e. The maximum absolute atomic E-state index is 13.4. The van der Waals surface area contributed by atoms with Crippen molar-refractivity contribution in [2.45, 2.75) is 36.9 Å². The number of sulfonamides is 1. The van der Waals surface area contributed by atoms with Crippen LogP contribution in [-0.2, 0) is 17.1 Å². The molecule has 1 amide bonds. The topological polar surface area (TPSA) is 91.6 Å². The Morgan fingerprint density at radius 2 is 1.89 bits per heavy atom. The summed E-state index contributed by atoms with van der Waals surface area (Å²) in [6.07, 6.45) is 3.31. The van der Waals surface area contributed by atoms with E-state index in [4.69, 9.17) is 0 Å². The van der Waals surface area contributed by atoms with E-state index in [0.29, 0.717) is 24.6 Å². The molecule has 2 aromatic rings. The summed E-state index contributed by atoms with van der Waals surface area (Å²) in [5.74, 6) is 0.234.